The van der Waals surface area contributed by atoms with E-state index in [1.54, 1.807) is 0 Å². The predicted molar refractivity (Wildman–Crippen MR) is 163 cm³/mol. The Hall–Kier alpha value is -4.25. The first-order valence-electron chi connectivity index (χ1n) is 15.5. The SMILES string of the molecule is Nc1nc(Nc2ccc(N3CCC(N4CCCC4)CC3)c(F)c2)nn1-c1cc2c(nn1)-c1ccccc1OC21CCCC1. The van der Waals surface area contributed by atoms with Gasteiger partial charge in [0.2, 0.25) is 11.9 Å². The Morgan fingerprint density at radius 1 is 0.930 bits per heavy atom. The summed E-state index contributed by atoms with van der Waals surface area (Å²) < 4.78 is 23.4. The van der Waals surface area contributed by atoms with E-state index in [2.05, 4.69) is 35.4 Å². The molecule has 43 heavy (non-hydrogen) atoms. The third kappa shape index (κ3) is 4.66. The minimum Gasteiger partial charge on any atom is -0.482 e. The fraction of sp³-hybridized carbons (Fsp3) is 0.438. The summed E-state index contributed by atoms with van der Waals surface area (Å²) in [6.07, 6.45) is 8.75. The molecule has 3 N–H and O–H groups in total. The summed E-state index contributed by atoms with van der Waals surface area (Å²) in [6.45, 7) is 4.15. The van der Waals surface area contributed by atoms with Gasteiger partial charge in [-0.05, 0) is 101 Å². The number of benzene rings is 2. The molecule has 1 aliphatic carbocycles. The van der Waals surface area contributed by atoms with E-state index in [-0.39, 0.29) is 17.7 Å². The van der Waals surface area contributed by atoms with Crippen molar-refractivity contribution in [2.75, 3.05) is 42.1 Å². The van der Waals surface area contributed by atoms with Crippen molar-refractivity contribution in [3.8, 4) is 22.8 Å². The molecule has 222 valence electrons. The number of hydrogen-bond donors (Lipinski definition) is 2. The number of likely N-dealkylation sites (tertiary alicyclic amines) is 1. The first-order chi connectivity index (χ1) is 21.1. The van der Waals surface area contributed by atoms with E-state index in [1.807, 2.05) is 42.5 Å². The van der Waals surface area contributed by atoms with Gasteiger partial charge in [-0.3, -0.25) is 0 Å². The zero-order chi connectivity index (χ0) is 29.0. The summed E-state index contributed by atoms with van der Waals surface area (Å²) in [6, 6.07) is 15.8. The van der Waals surface area contributed by atoms with Crippen LogP contribution < -0.4 is 20.7 Å². The van der Waals surface area contributed by atoms with Crippen molar-refractivity contribution < 1.29 is 9.13 Å². The molecule has 0 unspecified atom stereocenters. The molecule has 2 aromatic heterocycles. The zero-order valence-electron chi connectivity index (χ0n) is 24.2. The standard InChI is InChI=1S/C32H36FN9O/c33-25-19-21(9-10-26(25)41-17-11-22(12-18-41)40-15-5-6-16-40)35-31-36-30(34)42(39-31)28-20-24-29(38-37-28)23-7-1-2-8-27(23)43-32(24)13-3-4-14-32/h1-2,7-10,19-20,22H,3-6,11-18H2,(H3,34,35,36,39). The molecule has 3 aliphatic heterocycles. The minimum absolute atomic E-state index is 0.160. The van der Waals surface area contributed by atoms with Gasteiger partial charge in [-0.2, -0.15) is 9.67 Å². The van der Waals surface area contributed by atoms with Gasteiger partial charge in [0.1, 0.15) is 22.9 Å². The van der Waals surface area contributed by atoms with Crippen LogP contribution in [0.4, 0.5) is 27.7 Å². The molecule has 8 rings (SSSR count). The lowest BCUT2D eigenvalue weighted by Crippen LogP contribution is -2.44. The topological polar surface area (TPSA) is 110 Å². The molecule has 5 heterocycles. The van der Waals surface area contributed by atoms with Crippen molar-refractivity contribution in [2.45, 2.75) is 63.0 Å². The Bertz CT molecular complexity index is 1650. The Morgan fingerprint density at radius 2 is 1.72 bits per heavy atom. The molecule has 0 amide bonds. The van der Waals surface area contributed by atoms with E-state index in [0.717, 1.165) is 74.2 Å². The maximum atomic E-state index is 15.3. The number of anilines is 4. The van der Waals surface area contributed by atoms with Gasteiger partial charge in [0.05, 0.1) is 5.69 Å². The lowest BCUT2D eigenvalue weighted by atomic mass is 9.86. The molecule has 3 fully saturated rings. The van der Waals surface area contributed by atoms with Gasteiger partial charge in [-0.25, -0.2) is 4.39 Å². The van der Waals surface area contributed by atoms with Gasteiger partial charge in [0.25, 0.3) is 0 Å². The number of nitrogen functional groups attached to an aromatic ring is 1. The Morgan fingerprint density at radius 3 is 2.51 bits per heavy atom. The number of nitrogens with zero attached hydrogens (tertiary/aromatic N) is 7. The quantitative estimate of drug-likeness (QED) is 0.319. The van der Waals surface area contributed by atoms with Crippen molar-refractivity contribution in [2.24, 2.45) is 0 Å². The Kier molecular flexibility index (Phi) is 6.43. The average Bonchev–Trinajstić information content (AvgIpc) is 3.80. The number of halogens is 1. The molecule has 0 bridgehead atoms. The van der Waals surface area contributed by atoms with Crippen molar-refractivity contribution in [1.29, 1.82) is 0 Å². The van der Waals surface area contributed by atoms with Gasteiger partial charge < -0.3 is 25.6 Å². The van der Waals surface area contributed by atoms with Gasteiger partial charge in [0.15, 0.2) is 5.82 Å². The van der Waals surface area contributed by atoms with Crippen molar-refractivity contribution in [3.63, 3.8) is 0 Å². The Labute approximate surface area is 250 Å². The molecule has 10 nitrogen and oxygen atoms in total. The maximum absolute atomic E-state index is 15.3. The van der Waals surface area contributed by atoms with Crippen LogP contribution in [0.15, 0.2) is 48.5 Å². The summed E-state index contributed by atoms with van der Waals surface area (Å²) in [5.74, 6) is 1.46. The van der Waals surface area contributed by atoms with Crippen molar-refractivity contribution in [3.05, 3.63) is 59.9 Å². The number of ether oxygens (including phenoxy) is 1. The first kappa shape index (κ1) is 26.4. The molecule has 4 aromatic rings. The largest absolute Gasteiger partial charge is 0.482 e. The van der Waals surface area contributed by atoms with E-state index < -0.39 is 5.60 Å². The van der Waals surface area contributed by atoms with E-state index in [1.165, 1.54) is 36.7 Å². The highest BCUT2D eigenvalue weighted by Crippen LogP contribution is 2.51. The molecule has 1 saturated carbocycles. The average molecular weight is 582 g/mol. The summed E-state index contributed by atoms with van der Waals surface area (Å²) in [5, 5.41) is 16.8. The number of para-hydroxylation sites is 1. The smallest absolute Gasteiger partial charge is 0.248 e. The summed E-state index contributed by atoms with van der Waals surface area (Å²) in [5.41, 5.74) is 9.82. The van der Waals surface area contributed by atoms with Crippen LogP contribution in [0.1, 0.15) is 56.9 Å². The second-order valence-electron chi connectivity index (χ2n) is 12.2. The highest BCUT2D eigenvalue weighted by Gasteiger charge is 2.44. The molecule has 0 atom stereocenters. The van der Waals surface area contributed by atoms with Gasteiger partial charge in [-0.15, -0.1) is 15.3 Å². The van der Waals surface area contributed by atoms with Crippen LogP contribution in [0.2, 0.25) is 0 Å². The Balaban J connectivity index is 1.01. The summed E-state index contributed by atoms with van der Waals surface area (Å²) >= 11 is 0. The van der Waals surface area contributed by atoms with Crippen LogP contribution in [0, 0.1) is 5.82 Å². The number of piperidine rings is 1. The highest BCUT2D eigenvalue weighted by molar-refractivity contribution is 5.73. The van der Waals surface area contributed by atoms with Gasteiger partial charge in [-0.1, -0.05) is 12.1 Å². The number of fused-ring (bicyclic) bond motifs is 4. The van der Waals surface area contributed by atoms with Crippen LogP contribution in [0.5, 0.6) is 5.75 Å². The van der Waals surface area contributed by atoms with Crippen molar-refractivity contribution >= 4 is 23.3 Å². The van der Waals surface area contributed by atoms with E-state index >= 15 is 4.39 Å². The molecule has 11 heteroatoms. The normalized spacial score (nSPS) is 19.8. The third-order valence-electron chi connectivity index (χ3n) is 9.65. The molecular formula is C32H36FN9O. The van der Waals surface area contributed by atoms with Crippen LogP contribution in [0.3, 0.4) is 0 Å². The molecule has 4 aliphatic rings. The minimum atomic E-state index is -0.437. The second-order valence-corrected chi connectivity index (χ2v) is 12.2. The lowest BCUT2D eigenvalue weighted by molar-refractivity contribution is 0.0704. The predicted octanol–water partition coefficient (Wildman–Crippen LogP) is 5.42. The monoisotopic (exact) mass is 581 g/mol. The summed E-state index contributed by atoms with van der Waals surface area (Å²) in [4.78, 5) is 9.15. The van der Waals surface area contributed by atoms with E-state index in [9.17, 15) is 0 Å². The first-order valence-corrected chi connectivity index (χ1v) is 15.5. The van der Waals surface area contributed by atoms with Gasteiger partial charge >= 0.3 is 0 Å². The number of nitrogens with one attached hydrogen (secondary N) is 1. The fourth-order valence-electron chi connectivity index (χ4n) is 7.46. The molecule has 2 aromatic carbocycles. The van der Waals surface area contributed by atoms with Crippen LogP contribution >= 0.6 is 0 Å². The molecule has 0 radical (unpaired) electrons. The van der Waals surface area contributed by atoms with Crippen LogP contribution in [-0.4, -0.2) is 62.1 Å². The number of nitrogens with two attached hydrogens (primary N) is 1. The lowest BCUT2D eigenvalue weighted by Gasteiger charge is -2.37. The second kappa shape index (κ2) is 10.5. The molecule has 2 saturated heterocycles. The van der Waals surface area contributed by atoms with Gasteiger partial charge in [0, 0.05) is 35.9 Å². The molecular weight excluding hydrogens is 545 g/mol. The highest BCUT2D eigenvalue weighted by atomic mass is 19.1. The van der Waals surface area contributed by atoms with Crippen LogP contribution in [0.25, 0.3) is 17.1 Å². The van der Waals surface area contributed by atoms with Crippen molar-refractivity contribution in [1.82, 2.24) is 29.9 Å². The third-order valence-corrected chi connectivity index (χ3v) is 9.65. The maximum Gasteiger partial charge on any atom is 0.248 e. The van der Waals surface area contributed by atoms with E-state index in [0.29, 0.717) is 23.2 Å². The number of hydrogen-bond acceptors (Lipinski definition) is 9. The fourth-order valence-corrected chi connectivity index (χ4v) is 7.46. The van der Waals surface area contributed by atoms with E-state index in [4.69, 9.17) is 10.5 Å². The number of rotatable bonds is 5. The molecule has 1 spiro atoms. The zero-order valence-corrected chi connectivity index (χ0v) is 24.2. The summed E-state index contributed by atoms with van der Waals surface area (Å²) in [7, 11) is 0. The van der Waals surface area contributed by atoms with Crippen LogP contribution in [-0.2, 0) is 5.60 Å². The number of aromatic nitrogens is 5.